The molecule has 0 fully saturated rings. The molecule has 1 unspecified atom stereocenters. The molecule has 12 aromatic rings. The van der Waals surface area contributed by atoms with E-state index in [2.05, 4.69) is 287 Å². The van der Waals surface area contributed by atoms with Crippen LogP contribution in [-0.2, 0) is 5.41 Å². The third-order valence-electron chi connectivity index (χ3n) is 14.8. The second kappa shape index (κ2) is 16.0. The molecule has 2 aliphatic carbocycles. The van der Waals surface area contributed by atoms with Crippen molar-refractivity contribution in [2.75, 3.05) is 9.80 Å². The van der Waals surface area contributed by atoms with Gasteiger partial charge in [-0.3, -0.25) is 0 Å². The number of para-hydroxylation sites is 5. The Morgan fingerprint density at radius 1 is 0.271 bits per heavy atom. The Balaban J connectivity index is 0.983. The van der Waals surface area contributed by atoms with Crippen molar-refractivity contribution in [1.29, 1.82) is 0 Å². The van der Waals surface area contributed by atoms with Crippen LogP contribution < -0.4 is 9.80 Å². The summed E-state index contributed by atoms with van der Waals surface area (Å²) in [6.45, 7) is 0. The Bertz CT molecular complexity index is 3950. The zero-order valence-electron chi connectivity index (χ0n) is 38.3. The molecule has 0 bridgehead atoms. The lowest BCUT2D eigenvalue weighted by atomic mass is 9.70. The molecule has 1 atom stereocenters. The van der Waals surface area contributed by atoms with Crippen LogP contribution in [0.15, 0.2) is 273 Å². The van der Waals surface area contributed by atoms with E-state index in [0.717, 1.165) is 39.8 Å². The van der Waals surface area contributed by atoms with Crippen molar-refractivity contribution in [3.8, 4) is 39.1 Å². The minimum atomic E-state index is -0.555. The van der Waals surface area contributed by atoms with Crippen LogP contribution in [0.3, 0.4) is 0 Å². The van der Waals surface area contributed by atoms with Crippen LogP contribution in [0.1, 0.15) is 22.3 Å². The number of hydrogen-bond donors (Lipinski definition) is 0. The Labute approximate surface area is 408 Å². The summed E-state index contributed by atoms with van der Waals surface area (Å²) >= 11 is 0. The Kier molecular flexibility index (Phi) is 9.11. The van der Waals surface area contributed by atoms with Gasteiger partial charge in [-0.2, -0.15) is 0 Å². The maximum absolute atomic E-state index is 2.49. The number of aromatic nitrogens is 1. The first-order valence-corrected chi connectivity index (χ1v) is 24.2. The second-order valence-electron chi connectivity index (χ2n) is 18.4. The lowest BCUT2D eigenvalue weighted by Crippen LogP contribution is -2.26. The van der Waals surface area contributed by atoms with Crippen molar-refractivity contribution in [2.24, 2.45) is 0 Å². The smallest absolute Gasteiger partial charge is 0.0726 e. The number of nitrogens with zero attached hydrogens (tertiary/aromatic N) is 3. The molecule has 328 valence electrons. The topological polar surface area (TPSA) is 11.4 Å². The molecule has 1 aromatic heterocycles. The van der Waals surface area contributed by atoms with E-state index in [9.17, 15) is 0 Å². The summed E-state index contributed by atoms with van der Waals surface area (Å²) in [5.41, 5.74) is 22.2. The maximum atomic E-state index is 2.49. The van der Waals surface area contributed by atoms with Gasteiger partial charge in [0.25, 0.3) is 0 Å². The van der Waals surface area contributed by atoms with Crippen LogP contribution in [-0.4, -0.2) is 4.57 Å². The van der Waals surface area contributed by atoms with E-state index >= 15 is 0 Å². The summed E-state index contributed by atoms with van der Waals surface area (Å²) in [5.74, 6) is 0. The monoisotopic (exact) mass is 891 g/mol. The maximum Gasteiger partial charge on any atom is 0.0726 e. The van der Waals surface area contributed by atoms with E-state index in [1.54, 1.807) is 0 Å². The summed E-state index contributed by atoms with van der Waals surface area (Å²) in [7, 11) is 0. The average Bonchev–Trinajstić information content (AvgIpc) is 4.03. The molecule has 1 spiro atoms. The number of hydrogen-bond acceptors (Lipinski definition) is 2. The van der Waals surface area contributed by atoms with Gasteiger partial charge >= 0.3 is 0 Å². The van der Waals surface area contributed by atoms with Crippen molar-refractivity contribution in [1.82, 2.24) is 4.57 Å². The van der Waals surface area contributed by atoms with Crippen LogP contribution in [0, 0.1) is 0 Å². The fourth-order valence-electron chi connectivity index (χ4n) is 11.9. The second-order valence-corrected chi connectivity index (χ2v) is 18.4. The van der Waals surface area contributed by atoms with Gasteiger partial charge in [0, 0.05) is 50.5 Å². The average molecular weight is 892 g/mol. The van der Waals surface area contributed by atoms with Gasteiger partial charge in [-0.05, 0) is 135 Å². The zero-order valence-corrected chi connectivity index (χ0v) is 38.3. The molecule has 3 nitrogen and oxygen atoms in total. The van der Waals surface area contributed by atoms with Crippen molar-refractivity contribution in [3.05, 3.63) is 295 Å². The van der Waals surface area contributed by atoms with Crippen LogP contribution in [0.25, 0.3) is 60.9 Å². The molecular weight excluding hydrogens is 847 g/mol. The molecule has 0 aliphatic heterocycles. The van der Waals surface area contributed by atoms with Crippen molar-refractivity contribution in [2.45, 2.75) is 5.41 Å². The van der Waals surface area contributed by atoms with E-state index in [0.29, 0.717) is 0 Å². The predicted molar refractivity (Wildman–Crippen MR) is 292 cm³/mol. The minimum absolute atomic E-state index is 0.555. The third kappa shape index (κ3) is 5.95. The highest BCUT2D eigenvalue weighted by Gasteiger charge is 2.52. The fraction of sp³-hybridized carbons (Fsp3) is 0.0149. The number of benzene rings is 11. The van der Waals surface area contributed by atoms with Gasteiger partial charge in [0.05, 0.1) is 22.1 Å². The van der Waals surface area contributed by atoms with Crippen LogP contribution in [0.2, 0.25) is 0 Å². The molecule has 70 heavy (non-hydrogen) atoms. The van der Waals surface area contributed by atoms with Crippen molar-refractivity contribution in [3.63, 3.8) is 0 Å². The lowest BCUT2D eigenvalue weighted by molar-refractivity contribution is 0.793. The summed E-state index contributed by atoms with van der Waals surface area (Å²) < 4.78 is 2.41. The molecular formula is C67H45N3. The molecule has 0 saturated carbocycles. The largest absolute Gasteiger partial charge is 0.310 e. The minimum Gasteiger partial charge on any atom is -0.310 e. The first-order chi connectivity index (χ1) is 34.8. The van der Waals surface area contributed by atoms with Gasteiger partial charge in [0.2, 0.25) is 0 Å². The molecule has 1 heterocycles. The molecule has 0 amide bonds. The molecule has 0 saturated heterocycles. The van der Waals surface area contributed by atoms with Gasteiger partial charge in [-0.25, -0.2) is 0 Å². The van der Waals surface area contributed by atoms with Gasteiger partial charge in [-0.1, -0.05) is 188 Å². The zero-order chi connectivity index (χ0) is 46.2. The Morgan fingerprint density at radius 2 is 0.757 bits per heavy atom. The highest BCUT2D eigenvalue weighted by molar-refractivity contribution is 6.10. The summed E-state index contributed by atoms with van der Waals surface area (Å²) in [6.07, 6.45) is 0. The normalized spacial score (nSPS) is 14.1. The van der Waals surface area contributed by atoms with Crippen LogP contribution >= 0.6 is 0 Å². The van der Waals surface area contributed by atoms with Gasteiger partial charge < -0.3 is 14.4 Å². The summed E-state index contributed by atoms with van der Waals surface area (Å²) in [5, 5.41) is 2.47. The van der Waals surface area contributed by atoms with E-state index in [1.165, 1.54) is 77.4 Å². The molecule has 11 aromatic carbocycles. The number of rotatable bonds is 8. The van der Waals surface area contributed by atoms with Crippen molar-refractivity contribution >= 4 is 55.9 Å². The van der Waals surface area contributed by atoms with E-state index in [1.807, 2.05) is 0 Å². The first-order valence-electron chi connectivity index (χ1n) is 24.2. The molecule has 2 aliphatic rings. The Hall–Kier alpha value is -9.18. The Morgan fingerprint density at radius 3 is 1.49 bits per heavy atom. The SMILES string of the molecule is c1ccc(-c2ccccc2N(c2ccccc2)c2ccc3c(c2)C2(c4ccccc4-c4cc(N(c5ccccc5)c5ccc6c7ccccc7n(-c7ccccc7)c6c5)ccc42)c2ccccc2-3)cc1. The lowest BCUT2D eigenvalue weighted by Gasteiger charge is -2.33. The highest BCUT2D eigenvalue weighted by Crippen LogP contribution is 2.64. The van der Waals surface area contributed by atoms with E-state index in [4.69, 9.17) is 0 Å². The van der Waals surface area contributed by atoms with Gasteiger partial charge in [0.1, 0.15) is 0 Å². The van der Waals surface area contributed by atoms with E-state index < -0.39 is 5.41 Å². The number of anilines is 6. The molecule has 3 heteroatoms. The summed E-state index contributed by atoms with van der Waals surface area (Å²) in [4.78, 5) is 4.87. The highest BCUT2D eigenvalue weighted by atomic mass is 15.2. The standard InChI is InChI=1S/C67H45N3/c1-5-21-46(22-6-1)53-29-15-19-35-64(53)69(48-25-9-3-10-26-48)51-37-40-56-54-30-13-17-33-60(54)67(63(56)44-51)61-34-18-14-31-55(61)59-43-50(39-42-62(59)67)68(47-23-7-2-8-24-47)52-38-41-58-57-32-16-20-36-65(57)70(66(58)45-52)49-27-11-4-12-28-49/h1-45H. The number of fused-ring (bicyclic) bond motifs is 13. The third-order valence-corrected chi connectivity index (χ3v) is 14.8. The van der Waals surface area contributed by atoms with Gasteiger partial charge in [-0.15, -0.1) is 0 Å². The first kappa shape index (κ1) is 39.9. The summed E-state index contributed by atoms with van der Waals surface area (Å²) in [6, 6.07) is 100. The molecule has 0 radical (unpaired) electrons. The predicted octanol–water partition coefficient (Wildman–Crippen LogP) is 17.7. The van der Waals surface area contributed by atoms with Crippen LogP contribution in [0.5, 0.6) is 0 Å². The van der Waals surface area contributed by atoms with Gasteiger partial charge in [0.15, 0.2) is 0 Å². The van der Waals surface area contributed by atoms with Crippen LogP contribution in [0.4, 0.5) is 34.1 Å². The molecule has 0 N–H and O–H groups in total. The molecule has 14 rings (SSSR count). The fourth-order valence-corrected chi connectivity index (χ4v) is 11.9. The quantitative estimate of drug-likeness (QED) is 0.151. The van der Waals surface area contributed by atoms with E-state index in [-0.39, 0.29) is 0 Å². The van der Waals surface area contributed by atoms with Crippen molar-refractivity contribution < 1.29 is 0 Å².